The van der Waals surface area contributed by atoms with Crippen molar-refractivity contribution in [2.75, 3.05) is 6.54 Å². The molecule has 11 atom stereocenters. The Kier molecular flexibility index (Phi) is 19.9. The van der Waals surface area contributed by atoms with Crippen molar-refractivity contribution in [3.63, 3.8) is 0 Å². The van der Waals surface area contributed by atoms with Crippen molar-refractivity contribution in [1.82, 2.24) is 5.32 Å². The fourth-order valence-electron chi connectivity index (χ4n) is 6.02. The van der Waals surface area contributed by atoms with E-state index in [-0.39, 0.29) is 47.8 Å². The van der Waals surface area contributed by atoms with E-state index in [0.717, 1.165) is 25.7 Å². The fourth-order valence-corrected chi connectivity index (χ4v) is 6.02. The van der Waals surface area contributed by atoms with Gasteiger partial charge in [0, 0.05) is 49.6 Å². The number of rotatable bonds is 8. The monoisotopic (exact) mass is 631 g/mol. The predicted octanol–water partition coefficient (Wildman–Crippen LogP) is 5.43. The number of ether oxygens (including phenoxy) is 1. The minimum absolute atomic E-state index is 0.00590. The van der Waals surface area contributed by atoms with Gasteiger partial charge in [-0.2, -0.15) is 0 Å². The molecule has 1 heterocycles. The van der Waals surface area contributed by atoms with Crippen molar-refractivity contribution >= 4 is 11.9 Å². The van der Waals surface area contributed by atoms with E-state index in [1.807, 2.05) is 52.0 Å². The fraction of sp³-hybridized carbons (Fsp3) is 0.676. The van der Waals surface area contributed by atoms with Crippen molar-refractivity contribution in [2.24, 2.45) is 35.5 Å². The standard InChI is InChI=1S/C37H61NO7/c1-8-9-14-27(4)37-29(6)33(41)21-18-25(2)23-28(5)36(44)26(3)19-20-32(40)24-34(42)31(15-10-11-17-35(43)45-37)16-12-13-22-38-30(7)39/h8-11,14-15,17,19-20,25-29,31-34,36-37,40-42,44H,1,12-13,16,18,21-24H2,2-7H3,(H,38,39)/b14-9-,15-10+,17-11-,20-19-/t25-,26-,27-,28-,29-,31-,32+,33+,34-,36-,37-/m0/s1. The smallest absolute Gasteiger partial charge is 0.331 e. The first-order chi connectivity index (χ1) is 21.3. The van der Waals surface area contributed by atoms with E-state index >= 15 is 0 Å². The number of unbranched alkanes of at least 4 members (excludes halogenated alkanes) is 1. The first kappa shape index (κ1) is 40.5. The van der Waals surface area contributed by atoms with E-state index in [9.17, 15) is 30.0 Å². The molecule has 0 spiro atoms. The largest absolute Gasteiger partial charge is 0.458 e. The van der Waals surface area contributed by atoms with Crippen LogP contribution in [-0.4, -0.2) is 69.4 Å². The first-order valence-electron chi connectivity index (χ1n) is 16.8. The Balaban J connectivity index is 3.27. The van der Waals surface area contributed by atoms with Gasteiger partial charge in [-0.1, -0.05) is 96.2 Å². The maximum Gasteiger partial charge on any atom is 0.331 e. The van der Waals surface area contributed by atoms with E-state index in [1.165, 1.54) is 13.0 Å². The van der Waals surface area contributed by atoms with Gasteiger partial charge in [0.15, 0.2) is 0 Å². The molecule has 1 rings (SSSR count). The third-order valence-electron chi connectivity index (χ3n) is 8.95. The van der Waals surface area contributed by atoms with Crippen LogP contribution in [0, 0.1) is 35.5 Å². The van der Waals surface area contributed by atoms with E-state index in [2.05, 4.69) is 18.8 Å². The Labute approximate surface area is 272 Å². The van der Waals surface area contributed by atoms with Crippen molar-refractivity contribution < 1.29 is 34.8 Å². The van der Waals surface area contributed by atoms with Gasteiger partial charge in [0.2, 0.25) is 5.91 Å². The highest BCUT2D eigenvalue weighted by atomic mass is 16.5. The van der Waals surface area contributed by atoms with E-state index in [4.69, 9.17) is 4.74 Å². The first-order valence-corrected chi connectivity index (χ1v) is 16.8. The second-order valence-electron chi connectivity index (χ2n) is 13.2. The SMILES string of the molecule is C=C/C=C\[C@H](C)[C@@H]1OC(=O)/C=C\C=C\[C@@H](CCCCNC(C)=O)[C@@H](O)C[C@H](O)/C=C\[C@H](C)[C@H](O)[C@@H](C)C[C@@H](C)CC[C@@H](O)[C@@H]1C. The highest BCUT2D eigenvalue weighted by Crippen LogP contribution is 2.28. The number of hydrogen-bond acceptors (Lipinski definition) is 7. The number of aliphatic hydroxyl groups excluding tert-OH is 4. The van der Waals surface area contributed by atoms with E-state index < -0.39 is 36.5 Å². The molecule has 8 heteroatoms. The molecule has 0 aromatic rings. The number of nitrogens with one attached hydrogen (secondary N) is 1. The van der Waals surface area contributed by atoms with Crippen molar-refractivity contribution in [3.8, 4) is 0 Å². The van der Waals surface area contributed by atoms with Crippen LogP contribution in [0.1, 0.15) is 86.5 Å². The molecule has 8 nitrogen and oxygen atoms in total. The Morgan fingerprint density at radius 3 is 2.40 bits per heavy atom. The summed E-state index contributed by atoms with van der Waals surface area (Å²) < 4.78 is 5.88. The van der Waals surface area contributed by atoms with E-state index in [0.29, 0.717) is 19.4 Å². The van der Waals surface area contributed by atoms with Crippen LogP contribution in [0.15, 0.2) is 61.3 Å². The lowest BCUT2D eigenvalue weighted by Crippen LogP contribution is -2.37. The number of aliphatic hydroxyl groups is 4. The van der Waals surface area contributed by atoms with Crippen molar-refractivity contribution in [1.29, 1.82) is 0 Å². The minimum Gasteiger partial charge on any atom is -0.458 e. The van der Waals surface area contributed by atoms with Gasteiger partial charge in [-0.3, -0.25) is 4.79 Å². The minimum atomic E-state index is -0.889. The van der Waals surface area contributed by atoms with Crippen LogP contribution < -0.4 is 5.32 Å². The number of carbonyl (C=O) groups is 2. The van der Waals surface area contributed by atoms with Crippen LogP contribution in [0.4, 0.5) is 0 Å². The summed E-state index contributed by atoms with van der Waals surface area (Å²) in [5.74, 6) is -1.29. The zero-order valence-electron chi connectivity index (χ0n) is 28.4. The van der Waals surface area contributed by atoms with Crippen LogP contribution in [0.3, 0.4) is 0 Å². The summed E-state index contributed by atoms with van der Waals surface area (Å²) in [5.41, 5.74) is 0. The van der Waals surface area contributed by atoms with Gasteiger partial charge >= 0.3 is 5.97 Å². The summed E-state index contributed by atoms with van der Waals surface area (Å²) in [4.78, 5) is 24.1. The molecule has 5 N–H and O–H groups in total. The quantitative estimate of drug-likeness (QED) is 0.104. The molecule has 0 radical (unpaired) electrons. The highest BCUT2D eigenvalue weighted by molar-refractivity contribution is 5.82. The molecule has 0 aromatic heterocycles. The summed E-state index contributed by atoms with van der Waals surface area (Å²) in [5, 5.41) is 46.6. The van der Waals surface area contributed by atoms with Gasteiger partial charge in [0.25, 0.3) is 0 Å². The molecule has 256 valence electrons. The topological polar surface area (TPSA) is 136 Å². The normalized spacial score (nSPS) is 36.1. The van der Waals surface area contributed by atoms with Gasteiger partial charge in [-0.25, -0.2) is 4.79 Å². The van der Waals surface area contributed by atoms with Crippen LogP contribution in [0.25, 0.3) is 0 Å². The number of amides is 1. The molecule has 0 fully saturated rings. The van der Waals surface area contributed by atoms with Crippen LogP contribution >= 0.6 is 0 Å². The highest BCUT2D eigenvalue weighted by Gasteiger charge is 2.31. The van der Waals surface area contributed by atoms with Gasteiger partial charge in [-0.05, 0) is 43.9 Å². The molecule has 0 bridgehead atoms. The third kappa shape index (κ3) is 16.6. The van der Waals surface area contributed by atoms with Gasteiger partial charge < -0.3 is 30.5 Å². The Bertz CT molecular complexity index is 989. The van der Waals surface area contributed by atoms with Crippen LogP contribution in [-0.2, 0) is 14.3 Å². The molecular weight excluding hydrogens is 570 g/mol. The average Bonchev–Trinajstić information content (AvgIpc) is 2.99. The molecule has 45 heavy (non-hydrogen) atoms. The molecule has 0 aliphatic carbocycles. The zero-order valence-corrected chi connectivity index (χ0v) is 28.4. The van der Waals surface area contributed by atoms with E-state index in [1.54, 1.807) is 24.3 Å². The summed E-state index contributed by atoms with van der Waals surface area (Å²) >= 11 is 0. The number of allylic oxidation sites excluding steroid dienone is 4. The summed E-state index contributed by atoms with van der Waals surface area (Å²) in [7, 11) is 0. The number of esters is 1. The number of hydrogen-bond donors (Lipinski definition) is 5. The lowest BCUT2D eigenvalue weighted by molar-refractivity contribution is -0.150. The summed E-state index contributed by atoms with van der Waals surface area (Å²) in [6, 6.07) is 0. The van der Waals surface area contributed by atoms with Gasteiger partial charge in [0.1, 0.15) is 6.10 Å². The number of carbonyl (C=O) groups excluding carboxylic acids is 2. The molecule has 0 saturated heterocycles. The lowest BCUT2D eigenvalue weighted by atomic mass is 9.82. The molecular formula is C37H61NO7. The maximum absolute atomic E-state index is 12.9. The second-order valence-corrected chi connectivity index (χ2v) is 13.2. The Morgan fingerprint density at radius 2 is 1.73 bits per heavy atom. The summed E-state index contributed by atoms with van der Waals surface area (Å²) in [6.45, 7) is 15.7. The molecule has 1 amide bonds. The maximum atomic E-state index is 12.9. The molecule has 1 aliphatic heterocycles. The molecule has 0 unspecified atom stereocenters. The molecule has 0 aromatic carbocycles. The zero-order chi connectivity index (χ0) is 33.9. The van der Waals surface area contributed by atoms with Gasteiger partial charge in [-0.15, -0.1) is 0 Å². The van der Waals surface area contributed by atoms with Crippen molar-refractivity contribution in [2.45, 2.75) is 117 Å². The molecule has 1 aliphatic rings. The second kappa shape index (κ2) is 22.1. The van der Waals surface area contributed by atoms with Crippen LogP contribution in [0.2, 0.25) is 0 Å². The predicted molar refractivity (Wildman–Crippen MR) is 181 cm³/mol. The average molecular weight is 632 g/mol. The number of cyclic esters (lactones) is 1. The Morgan fingerprint density at radius 1 is 1.02 bits per heavy atom. The van der Waals surface area contributed by atoms with Crippen molar-refractivity contribution in [3.05, 3.63) is 61.3 Å². The third-order valence-corrected chi connectivity index (χ3v) is 8.95. The molecule has 0 saturated carbocycles. The lowest BCUT2D eigenvalue weighted by Gasteiger charge is -2.31. The summed E-state index contributed by atoms with van der Waals surface area (Å²) in [6.07, 6.45) is 16.1. The van der Waals surface area contributed by atoms with Crippen LogP contribution in [0.5, 0.6) is 0 Å². The van der Waals surface area contributed by atoms with Gasteiger partial charge in [0.05, 0.1) is 24.4 Å². The Hall–Kier alpha value is -2.52.